The summed E-state index contributed by atoms with van der Waals surface area (Å²) in [5.41, 5.74) is 1.48. The Morgan fingerprint density at radius 3 is 1.86 bits per heavy atom. The Bertz CT molecular complexity index is 151. The third kappa shape index (κ3) is 1.71. The second-order valence-corrected chi connectivity index (χ2v) is 5.78. The van der Waals surface area contributed by atoms with Gasteiger partial charge in [0.15, 0.2) is 0 Å². The van der Waals surface area contributed by atoms with Crippen LogP contribution in [0.5, 0.6) is 0 Å². The van der Waals surface area contributed by atoms with E-state index in [-0.39, 0.29) is 0 Å². The van der Waals surface area contributed by atoms with Gasteiger partial charge in [0.2, 0.25) is 0 Å². The van der Waals surface area contributed by atoms with Crippen molar-refractivity contribution in [3.05, 3.63) is 0 Å². The van der Waals surface area contributed by atoms with Gasteiger partial charge >= 0.3 is 0 Å². The van der Waals surface area contributed by atoms with E-state index >= 15 is 0 Å². The van der Waals surface area contributed by atoms with E-state index in [1.54, 1.807) is 0 Å². The Morgan fingerprint density at radius 1 is 0.929 bits per heavy atom. The van der Waals surface area contributed by atoms with E-state index in [0.29, 0.717) is 5.41 Å². The second-order valence-electron chi connectivity index (χ2n) is 5.78. The predicted molar refractivity (Wildman–Crippen MR) is 61.4 cm³/mol. The second kappa shape index (κ2) is 3.84. The molecule has 0 saturated heterocycles. The van der Waals surface area contributed by atoms with Gasteiger partial charge in [0.25, 0.3) is 0 Å². The van der Waals surface area contributed by atoms with Crippen molar-refractivity contribution in [3.63, 3.8) is 0 Å². The summed E-state index contributed by atoms with van der Waals surface area (Å²) in [7, 11) is 2.11. The summed E-state index contributed by atoms with van der Waals surface area (Å²) in [5.74, 6) is 0. The van der Waals surface area contributed by atoms with Gasteiger partial charge in [0.1, 0.15) is 0 Å². The lowest BCUT2D eigenvalue weighted by Crippen LogP contribution is -2.45. The average Bonchev–Trinajstić information content (AvgIpc) is 2.22. The van der Waals surface area contributed by atoms with Crippen molar-refractivity contribution in [2.24, 2.45) is 10.8 Å². The Balaban J connectivity index is 1.98. The maximum absolute atomic E-state index is 3.40. The predicted octanol–water partition coefficient (Wildman–Crippen LogP) is 3.35. The molecule has 3 aliphatic rings. The van der Waals surface area contributed by atoms with Gasteiger partial charge in [-0.05, 0) is 62.8 Å². The van der Waals surface area contributed by atoms with Crippen LogP contribution in [0, 0.1) is 10.8 Å². The van der Waals surface area contributed by atoms with Crippen LogP contribution in [0.4, 0.5) is 0 Å². The van der Waals surface area contributed by atoms with E-state index in [1.165, 1.54) is 57.9 Å². The summed E-state index contributed by atoms with van der Waals surface area (Å²) in [5, 5.41) is 3.40. The summed E-state index contributed by atoms with van der Waals surface area (Å²) < 4.78 is 0. The summed E-state index contributed by atoms with van der Waals surface area (Å²) in [6, 6.07) is 0. The standard InChI is InChI=1S/C13H25N/c1-3-4-12-5-8-13(9-6-12,10-7-12)11-14-2/h14H,3-11H2,1-2H3. The van der Waals surface area contributed by atoms with Gasteiger partial charge in [-0.1, -0.05) is 13.3 Å². The van der Waals surface area contributed by atoms with Crippen molar-refractivity contribution in [1.29, 1.82) is 0 Å². The molecule has 0 atom stereocenters. The fraction of sp³-hybridized carbons (Fsp3) is 1.00. The molecule has 0 unspecified atom stereocenters. The minimum atomic E-state index is 0.699. The van der Waals surface area contributed by atoms with Crippen LogP contribution in [0.1, 0.15) is 58.3 Å². The molecule has 3 aliphatic carbocycles. The molecule has 2 bridgehead atoms. The fourth-order valence-electron chi connectivity index (χ4n) is 3.89. The molecule has 1 N–H and O–H groups in total. The van der Waals surface area contributed by atoms with Crippen molar-refractivity contribution in [3.8, 4) is 0 Å². The fourth-order valence-corrected chi connectivity index (χ4v) is 3.89. The molecule has 3 rings (SSSR count). The SMILES string of the molecule is CCCC12CCC(CNC)(CC1)CC2. The molecule has 14 heavy (non-hydrogen) atoms. The number of nitrogens with one attached hydrogen (secondary N) is 1. The quantitative estimate of drug-likeness (QED) is 0.725. The van der Waals surface area contributed by atoms with Gasteiger partial charge < -0.3 is 5.32 Å². The number of hydrogen-bond donors (Lipinski definition) is 1. The highest BCUT2D eigenvalue weighted by molar-refractivity contribution is 4.99. The lowest BCUT2D eigenvalue weighted by molar-refractivity contribution is -0.0128. The molecule has 0 spiro atoms. The zero-order valence-electron chi connectivity index (χ0n) is 9.86. The number of fused-ring (bicyclic) bond motifs is 3. The monoisotopic (exact) mass is 195 g/mol. The van der Waals surface area contributed by atoms with Crippen LogP contribution in [0.3, 0.4) is 0 Å². The van der Waals surface area contributed by atoms with Crippen molar-refractivity contribution in [1.82, 2.24) is 5.32 Å². The van der Waals surface area contributed by atoms with Crippen molar-refractivity contribution < 1.29 is 0 Å². The van der Waals surface area contributed by atoms with Crippen LogP contribution in [0.15, 0.2) is 0 Å². The Labute approximate surface area is 88.7 Å². The van der Waals surface area contributed by atoms with E-state index in [2.05, 4.69) is 19.3 Å². The molecule has 0 amide bonds. The van der Waals surface area contributed by atoms with Gasteiger partial charge in [0, 0.05) is 6.54 Å². The van der Waals surface area contributed by atoms with Gasteiger partial charge in [-0.15, -0.1) is 0 Å². The van der Waals surface area contributed by atoms with Gasteiger partial charge in [0.05, 0.1) is 0 Å². The van der Waals surface area contributed by atoms with Crippen LogP contribution >= 0.6 is 0 Å². The van der Waals surface area contributed by atoms with Crippen LogP contribution in [-0.4, -0.2) is 13.6 Å². The van der Waals surface area contributed by atoms with Crippen molar-refractivity contribution >= 4 is 0 Å². The molecule has 0 aromatic rings. The molecular weight excluding hydrogens is 170 g/mol. The largest absolute Gasteiger partial charge is 0.319 e. The maximum atomic E-state index is 3.40. The first-order valence-corrected chi connectivity index (χ1v) is 6.39. The number of hydrogen-bond acceptors (Lipinski definition) is 1. The number of rotatable bonds is 4. The minimum Gasteiger partial charge on any atom is -0.319 e. The lowest BCUT2D eigenvalue weighted by atomic mass is 9.52. The highest BCUT2D eigenvalue weighted by Gasteiger charge is 2.47. The van der Waals surface area contributed by atoms with Crippen LogP contribution < -0.4 is 5.32 Å². The van der Waals surface area contributed by atoms with E-state index < -0.39 is 0 Å². The summed E-state index contributed by atoms with van der Waals surface area (Å²) in [4.78, 5) is 0. The van der Waals surface area contributed by atoms with Crippen LogP contribution in [-0.2, 0) is 0 Å². The topological polar surface area (TPSA) is 12.0 Å². The van der Waals surface area contributed by atoms with Crippen molar-refractivity contribution in [2.45, 2.75) is 58.3 Å². The molecule has 1 heteroatoms. The van der Waals surface area contributed by atoms with Crippen LogP contribution in [0.2, 0.25) is 0 Å². The normalized spacial score (nSPS) is 41.6. The van der Waals surface area contributed by atoms with Gasteiger partial charge in [-0.25, -0.2) is 0 Å². The smallest absolute Gasteiger partial charge is 0.000481 e. The molecule has 82 valence electrons. The van der Waals surface area contributed by atoms with E-state index in [1.807, 2.05) is 0 Å². The molecule has 0 aromatic carbocycles. The first-order chi connectivity index (χ1) is 6.74. The maximum Gasteiger partial charge on any atom is 0.000481 e. The molecule has 0 radical (unpaired) electrons. The zero-order chi connectivity index (χ0) is 10.1. The average molecular weight is 195 g/mol. The van der Waals surface area contributed by atoms with E-state index in [4.69, 9.17) is 0 Å². The third-order valence-corrected chi connectivity index (χ3v) is 4.89. The molecule has 3 fully saturated rings. The van der Waals surface area contributed by atoms with Gasteiger partial charge in [-0.3, -0.25) is 0 Å². The zero-order valence-corrected chi connectivity index (χ0v) is 9.86. The Hall–Kier alpha value is -0.0400. The molecule has 0 aliphatic heterocycles. The minimum absolute atomic E-state index is 0.699. The first-order valence-electron chi connectivity index (χ1n) is 6.39. The van der Waals surface area contributed by atoms with Crippen LogP contribution in [0.25, 0.3) is 0 Å². The summed E-state index contributed by atoms with van der Waals surface area (Å²) in [6.45, 7) is 3.61. The first kappa shape index (κ1) is 10.5. The van der Waals surface area contributed by atoms with E-state index in [9.17, 15) is 0 Å². The van der Waals surface area contributed by atoms with Crippen molar-refractivity contribution in [2.75, 3.05) is 13.6 Å². The summed E-state index contributed by atoms with van der Waals surface area (Å²) in [6.07, 6.45) is 11.9. The third-order valence-electron chi connectivity index (χ3n) is 4.89. The summed E-state index contributed by atoms with van der Waals surface area (Å²) >= 11 is 0. The molecule has 0 aromatic heterocycles. The lowest BCUT2D eigenvalue weighted by Gasteiger charge is -2.54. The van der Waals surface area contributed by atoms with Gasteiger partial charge in [-0.2, -0.15) is 0 Å². The Kier molecular flexibility index (Phi) is 2.88. The Morgan fingerprint density at radius 2 is 1.43 bits per heavy atom. The molecule has 3 saturated carbocycles. The molecule has 0 heterocycles. The molecular formula is C13H25N. The highest BCUT2D eigenvalue weighted by atomic mass is 14.8. The highest BCUT2D eigenvalue weighted by Crippen LogP contribution is 2.58. The molecule has 1 nitrogen and oxygen atoms in total. The van der Waals surface area contributed by atoms with E-state index in [0.717, 1.165) is 5.41 Å².